The number of hydrogen-bond acceptors (Lipinski definition) is 3. The summed E-state index contributed by atoms with van der Waals surface area (Å²) < 4.78 is 35.1. The van der Waals surface area contributed by atoms with Gasteiger partial charge in [-0.3, -0.25) is 0 Å². The molecule has 22 heavy (non-hydrogen) atoms. The van der Waals surface area contributed by atoms with Gasteiger partial charge >= 0.3 is 0 Å². The maximum atomic E-state index is 12.8. The van der Waals surface area contributed by atoms with E-state index in [0.717, 1.165) is 5.56 Å². The number of primary sulfonamides is 1. The highest BCUT2D eigenvalue weighted by atomic mass is 32.2. The summed E-state index contributed by atoms with van der Waals surface area (Å²) in [7, 11) is -3.68. The van der Waals surface area contributed by atoms with E-state index in [-0.39, 0.29) is 10.7 Å². The van der Waals surface area contributed by atoms with Crippen LogP contribution in [0, 0.1) is 5.82 Å². The standard InChI is InChI=1S/C14H14FN3O2S2/c15-11-3-5-12(6-4-11)18-14(21)17-9-10-1-7-13(8-2-10)22(16,19)20/h1-8H,9H2,(H2,16,19,20)(H2,17,18,21). The van der Waals surface area contributed by atoms with Crippen LogP contribution in [0.1, 0.15) is 5.56 Å². The molecule has 0 heterocycles. The summed E-state index contributed by atoms with van der Waals surface area (Å²) in [5.74, 6) is -0.320. The minimum absolute atomic E-state index is 0.0586. The molecule has 0 aromatic heterocycles. The van der Waals surface area contributed by atoms with Gasteiger partial charge in [-0.15, -0.1) is 0 Å². The smallest absolute Gasteiger partial charge is 0.238 e. The van der Waals surface area contributed by atoms with E-state index in [2.05, 4.69) is 10.6 Å². The van der Waals surface area contributed by atoms with Crippen LogP contribution in [0.15, 0.2) is 53.4 Å². The first kappa shape index (κ1) is 16.3. The largest absolute Gasteiger partial charge is 0.358 e. The molecule has 0 unspecified atom stereocenters. The molecule has 2 aromatic rings. The summed E-state index contributed by atoms with van der Waals surface area (Å²) in [6, 6.07) is 12.0. The second-order valence-corrected chi connectivity index (χ2v) is 6.47. The van der Waals surface area contributed by atoms with Crippen LogP contribution in [0.2, 0.25) is 0 Å². The van der Waals surface area contributed by atoms with Crippen molar-refractivity contribution in [3.63, 3.8) is 0 Å². The van der Waals surface area contributed by atoms with E-state index in [4.69, 9.17) is 17.4 Å². The number of nitrogens with two attached hydrogens (primary N) is 1. The fourth-order valence-electron chi connectivity index (χ4n) is 1.69. The number of hydrogen-bond donors (Lipinski definition) is 3. The Morgan fingerprint density at radius 3 is 2.23 bits per heavy atom. The Balaban J connectivity index is 1.89. The lowest BCUT2D eigenvalue weighted by Crippen LogP contribution is -2.27. The molecule has 0 fully saturated rings. The number of sulfonamides is 1. The average Bonchev–Trinajstić information content (AvgIpc) is 2.47. The summed E-state index contributed by atoms with van der Waals surface area (Å²) in [6.45, 7) is 0.415. The highest BCUT2D eigenvalue weighted by Gasteiger charge is 2.06. The monoisotopic (exact) mass is 339 g/mol. The summed E-state index contributed by atoms with van der Waals surface area (Å²) in [4.78, 5) is 0.0586. The Kier molecular flexibility index (Phi) is 5.07. The summed E-state index contributed by atoms with van der Waals surface area (Å²) in [5.41, 5.74) is 1.51. The van der Waals surface area contributed by atoms with Gasteiger partial charge in [-0.2, -0.15) is 0 Å². The summed E-state index contributed by atoms with van der Waals surface area (Å²) in [6.07, 6.45) is 0. The molecule has 0 aliphatic heterocycles. The third kappa shape index (κ3) is 4.76. The molecule has 0 atom stereocenters. The first-order valence-corrected chi connectivity index (χ1v) is 8.22. The Morgan fingerprint density at radius 1 is 1.09 bits per heavy atom. The molecule has 2 rings (SSSR count). The van der Waals surface area contributed by atoms with Crippen molar-refractivity contribution in [3.05, 3.63) is 59.9 Å². The van der Waals surface area contributed by atoms with E-state index in [0.29, 0.717) is 17.3 Å². The normalized spacial score (nSPS) is 11.0. The van der Waals surface area contributed by atoms with E-state index in [1.807, 2.05) is 0 Å². The van der Waals surface area contributed by atoms with Crippen LogP contribution in [-0.4, -0.2) is 13.5 Å². The molecule has 0 amide bonds. The molecule has 0 bridgehead atoms. The van der Waals surface area contributed by atoms with Gasteiger partial charge in [0.1, 0.15) is 5.82 Å². The van der Waals surface area contributed by atoms with Crippen LogP contribution in [-0.2, 0) is 16.6 Å². The Bertz CT molecular complexity index is 760. The van der Waals surface area contributed by atoms with Crippen LogP contribution in [0.4, 0.5) is 10.1 Å². The SMILES string of the molecule is NS(=O)(=O)c1ccc(CNC(=S)Nc2ccc(F)cc2)cc1. The minimum Gasteiger partial charge on any atom is -0.358 e. The topological polar surface area (TPSA) is 84.2 Å². The van der Waals surface area contributed by atoms with E-state index in [1.165, 1.54) is 24.3 Å². The first-order chi connectivity index (χ1) is 10.3. The molecule has 2 aromatic carbocycles. The molecule has 0 spiro atoms. The second-order valence-electron chi connectivity index (χ2n) is 4.50. The molecule has 5 nitrogen and oxygen atoms in total. The van der Waals surface area contributed by atoms with E-state index in [1.54, 1.807) is 24.3 Å². The molecular formula is C14H14FN3O2S2. The van der Waals surface area contributed by atoms with Gasteiger partial charge in [0.15, 0.2) is 5.11 Å². The van der Waals surface area contributed by atoms with Crippen molar-refractivity contribution in [1.82, 2.24) is 5.32 Å². The number of nitrogens with one attached hydrogen (secondary N) is 2. The van der Waals surface area contributed by atoms with Crippen molar-refractivity contribution in [2.75, 3.05) is 5.32 Å². The van der Waals surface area contributed by atoms with Gasteiger partial charge in [-0.25, -0.2) is 17.9 Å². The number of anilines is 1. The van der Waals surface area contributed by atoms with Crippen LogP contribution in [0.5, 0.6) is 0 Å². The fourth-order valence-corrected chi connectivity index (χ4v) is 2.39. The highest BCUT2D eigenvalue weighted by Crippen LogP contribution is 2.10. The van der Waals surface area contributed by atoms with E-state index < -0.39 is 10.0 Å². The predicted octanol–water partition coefficient (Wildman–Crippen LogP) is 1.96. The fraction of sp³-hybridized carbons (Fsp3) is 0.0714. The summed E-state index contributed by atoms with van der Waals surface area (Å²) >= 11 is 5.12. The highest BCUT2D eigenvalue weighted by molar-refractivity contribution is 7.89. The minimum atomic E-state index is -3.68. The average molecular weight is 339 g/mol. The molecule has 116 valence electrons. The third-order valence-electron chi connectivity index (χ3n) is 2.81. The quantitative estimate of drug-likeness (QED) is 0.742. The van der Waals surface area contributed by atoms with Crippen molar-refractivity contribution in [1.29, 1.82) is 0 Å². The third-order valence-corrected chi connectivity index (χ3v) is 3.98. The van der Waals surface area contributed by atoms with Gasteiger partial charge in [0.2, 0.25) is 10.0 Å². The molecule has 0 aliphatic carbocycles. The van der Waals surface area contributed by atoms with Crippen LogP contribution < -0.4 is 15.8 Å². The Labute approximate surface area is 133 Å². The van der Waals surface area contributed by atoms with Crippen molar-refractivity contribution in [3.8, 4) is 0 Å². The molecular weight excluding hydrogens is 325 g/mol. The Morgan fingerprint density at radius 2 is 1.68 bits per heavy atom. The lowest BCUT2D eigenvalue weighted by Gasteiger charge is -2.10. The lowest BCUT2D eigenvalue weighted by atomic mass is 10.2. The number of rotatable bonds is 4. The van der Waals surface area contributed by atoms with Gasteiger partial charge in [0.25, 0.3) is 0 Å². The molecule has 0 radical (unpaired) electrons. The van der Waals surface area contributed by atoms with Crippen LogP contribution in [0.3, 0.4) is 0 Å². The van der Waals surface area contributed by atoms with Crippen molar-refractivity contribution < 1.29 is 12.8 Å². The lowest BCUT2D eigenvalue weighted by molar-refractivity contribution is 0.597. The van der Waals surface area contributed by atoms with Gasteiger partial charge in [0.05, 0.1) is 4.90 Å². The van der Waals surface area contributed by atoms with Crippen molar-refractivity contribution >= 4 is 33.0 Å². The molecule has 0 saturated carbocycles. The molecule has 0 saturated heterocycles. The predicted molar refractivity (Wildman–Crippen MR) is 87.3 cm³/mol. The van der Waals surface area contributed by atoms with Gasteiger partial charge in [-0.05, 0) is 54.2 Å². The summed E-state index contributed by atoms with van der Waals surface area (Å²) in [5, 5.41) is 11.3. The molecule has 0 aliphatic rings. The zero-order valence-electron chi connectivity index (χ0n) is 11.4. The Hall–Kier alpha value is -2.03. The van der Waals surface area contributed by atoms with Crippen LogP contribution >= 0.6 is 12.2 Å². The van der Waals surface area contributed by atoms with E-state index in [9.17, 15) is 12.8 Å². The van der Waals surface area contributed by atoms with Crippen molar-refractivity contribution in [2.24, 2.45) is 5.14 Å². The second kappa shape index (κ2) is 6.82. The van der Waals surface area contributed by atoms with Gasteiger partial charge in [-0.1, -0.05) is 12.1 Å². The zero-order valence-corrected chi connectivity index (χ0v) is 13.0. The molecule has 4 N–H and O–H groups in total. The van der Waals surface area contributed by atoms with E-state index >= 15 is 0 Å². The van der Waals surface area contributed by atoms with Gasteiger partial charge in [0, 0.05) is 12.2 Å². The van der Waals surface area contributed by atoms with Crippen LogP contribution in [0.25, 0.3) is 0 Å². The first-order valence-electron chi connectivity index (χ1n) is 6.27. The maximum absolute atomic E-state index is 12.8. The maximum Gasteiger partial charge on any atom is 0.238 e. The molecule has 8 heteroatoms. The zero-order chi connectivity index (χ0) is 16.2. The van der Waals surface area contributed by atoms with Gasteiger partial charge < -0.3 is 10.6 Å². The number of benzene rings is 2. The number of thiocarbonyl (C=S) groups is 1. The number of halogens is 1. The van der Waals surface area contributed by atoms with Crippen molar-refractivity contribution in [2.45, 2.75) is 11.4 Å².